The molecule has 0 aliphatic carbocycles. The number of pyridine rings is 1. The number of rotatable bonds is 5. The van der Waals surface area contributed by atoms with E-state index in [0.717, 1.165) is 18.2 Å². The molecular formula is C52H26F15N3. The van der Waals surface area contributed by atoms with Gasteiger partial charge in [-0.15, -0.1) is 0 Å². The molecule has 0 atom stereocenters. The summed E-state index contributed by atoms with van der Waals surface area (Å²) in [6.45, 7) is 0. The van der Waals surface area contributed by atoms with Crippen LogP contribution in [0.4, 0.5) is 65.9 Å². The number of benzene rings is 7. The van der Waals surface area contributed by atoms with Crippen LogP contribution in [0.5, 0.6) is 0 Å². The van der Waals surface area contributed by atoms with Crippen LogP contribution in [0.2, 0.25) is 0 Å². The van der Waals surface area contributed by atoms with Gasteiger partial charge in [-0.25, -0.2) is 0 Å². The van der Waals surface area contributed by atoms with Crippen molar-refractivity contribution in [2.75, 3.05) is 0 Å². The summed E-state index contributed by atoms with van der Waals surface area (Å²) in [4.78, 5) is 4.32. The Bertz CT molecular complexity index is 3720. The van der Waals surface area contributed by atoms with Crippen molar-refractivity contribution in [3.8, 4) is 44.8 Å². The molecule has 10 rings (SSSR count). The van der Waals surface area contributed by atoms with Gasteiger partial charge in [0, 0.05) is 45.1 Å². The van der Waals surface area contributed by atoms with Gasteiger partial charge in [-0.3, -0.25) is 4.98 Å². The maximum absolute atomic E-state index is 14.7. The molecule has 70 heavy (non-hydrogen) atoms. The van der Waals surface area contributed by atoms with Gasteiger partial charge < -0.3 is 9.13 Å². The minimum atomic E-state index is -5.21. The zero-order valence-corrected chi connectivity index (χ0v) is 35.0. The monoisotopic (exact) mass is 977 g/mol. The first-order chi connectivity index (χ1) is 32.9. The second-order valence-electron chi connectivity index (χ2n) is 16.3. The number of aromatic nitrogens is 3. The summed E-state index contributed by atoms with van der Waals surface area (Å²) in [6.07, 6.45) is -22.6. The lowest BCUT2D eigenvalue weighted by atomic mass is 9.95. The van der Waals surface area contributed by atoms with E-state index in [9.17, 15) is 65.9 Å². The molecule has 10 aromatic rings. The minimum Gasteiger partial charge on any atom is -0.309 e. The second kappa shape index (κ2) is 15.9. The third kappa shape index (κ3) is 7.84. The Morgan fingerprint density at radius 3 is 1.16 bits per heavy atom. The predicted molar refractivity (Wildman–Crippen MR) is 234 cm³/mol. The average Bonchev–Trinajstić information content (AvgIpc) is 3.81. The first-order valence-electron chi connectivity index (χ1n) is 20.7. The first-order valence-corrected chi connectivity index (χ1v) is 20.7. The SMILES string of the molecule is FC(F)(F)c1ccc(-c2cnccc2-n2c3ccccc3c3cc(-c4ccc(C(F)(F)F)cc4C(F)(F)F)ccc32)c(-n2c3ccccc3c3cc(-c4ccc(C(F)(F)F)cc4C(F)(F)F)ccc32)c1. The molecule has 0 fully saturated rings. The Morgan fingerprint density at radius 2 is 0.714 bits per heavy atom. The van der Waals surface area contributed by atoms with Gasteiger partial charge in [-0.2, -0.15) is 65.9 Å². The molecule has 3 nitrogen and oxygen atoms in total. The smallest absolute Gasteiger partial charge is 0.309 e. The third-order valence-corrected chi connectivity index (χ3v) is 12.2. The van der Waals surface area contributed by atoms with Crippen LogP contribution in [0.15, 0.2) is 158 Å². The van der Waals surface area contributed by atoms with E-state index in [1.807, 2.05) is 0 Å². The van der Waals surface area contributed by atoms with Crippen LogP contribution < -0.4 is 0 Å². The van der Waals surface area contributed by atoms with Crippen molar-refractivity contribution in [3.63, 3.8) is 0 Å². The highest BCUT2D eigenvalue weighted by atomic mass is 19.4. The number of hydrogen-bond donors (Lipinski definition) is 0. The fraction of sp³-hybridized carbons (Fsp3) is 0.0962. The summed E-state index contributed by atoms with van der Waals surface area (Å²) in [6, 6.07) is 28.3. The van der Waals surface area contributed by atoms with E-state index in [0.29, 0.717) is 56.6 Å². The highest BCUT2D eigenvalue weighted by molar-refractivity contribution is 6.13. The molecule has 0 saturated heterocycles. The van der Waals surface area contributed by atoms with Crippen LogP contribution in [-0.2, 0) is 30.9 Å². The number of para-hydroxylation sites is 2. The maximum atomic E-state index is 14.7. The molecule has 7 aromatic carbocycles. The van der Waals surface area contributed by atoms with Gasteiger partial charge in [0.25, 0.3) is 0 Å². The standard InChI is InChI=1S/C52H26F15N3/c53-48(54,55)29-11-14-32(40(23-29)51(62,63)64)27-9-17-44-37(21-27)34-5-1-3-7-42(34)69(44)46-19-20-68-26-39(46)36-16-13-31(50(59,60)61)25-47(36)70-43-8-4-2-6-35(43)38-22-28(10-18-45(38)70)33-15-12-30(49(56,57)58)24-41(33)52(65,66)67/h1-26H. The molecule has 0 saturated carbocycles. The van der Waals surface area contributed by atoms with E-state index in [4.69, 9.17) is 0 Å². The molecule has 0 amide bonds. The van der Waals surface area contributed by atoms with Crippen molar-refractivity contribution in [2.24, 2.45) is 0 Å². The average molecular weight is 978 g/mol. The van der Waals surface area contributed by atoms with Crippen LogP contribution in [0.1, 0.15) is 27.8 Å². The van der Waals surface area contributed by atoms with Gasteiger partial charge in [0.2, 0.25) is 0 Å². The van der Waals surface area contributed by atoms with E-state index in [2.05, 4.69) is 4.98 Å². The van der Waals surface area contributed by atoms with E-state index in [1.165, 1.54) is 59.4 Å². The lowest BCUT2D eigenvalue weighted by molar-refractivity contribution is -0.144. The molecule has 0 bridgehead atoms. The van der Waals surface area contributed by atoms with E-state index >= 15 is 0 Å². The van der Waals surface area contributed by atoms with Crippen molar-refractivity contribution in [2.45, 2.75) is 30.9 Å². The summed E-state index contributed by atoms with van der Waals surface area (Å²) in [5, 5.41) is 1.48. The normalized spacial score (nSPS) is 13.1. The largest absolute Gasteiger partial charge is 0.417 e. The highest BCUT2D eigenvalue weighted by Gasteiger charge is 2.40. The summed E-state index contributed by atoms with van der Waals surface area (Å²) in [7, 11) is 0. The minimum absolute atomic E-state index is 0.0161. The summed E-state index contributed by atoms with van der Waals surface area (Å²) < 4.78 is 215. The van der Waals surface area contributed by atoms with E-state index in [1.54, 1.807) is 59.2 Å². The Labute approximate surface area is 384 Å². The van der Waals surface area contributed by atoms with Gasteiger partial charge in [0.1, 0.15) is 0 Å². The van der Waals surface area contributed by atoms with Gasteiger partial charge >= 0.3 is 30.9 Å². The molecule has 0 N–H and O–H groups in total. The lowest BCUT2D eigenvalue weighted by Crippen LogP contribution is -2.12. The Balaban J connectivity index is 1.20. The molecule has 0 aliphatic rings. The van der Waals surface area contributed by atoms with E-state index in [-0.39, 0.29) is 51.0 Å². The molecule has 3 heterocycles. The number of nitrogens with zero attached hydrogens (tertiary/aromatic N) is 3. The van der Waals surface area contributed by atoms with Crippen molar-refractivity contribution in [3.05, 3.63) is 186 Å². The fourth-order valence-corrected chi connectivity index (χ4v) is 9.12. The molecule has 0 spiro atoms. The number of hydrogen-bond acceptors (Lipinski definition) is 1. The summed E-state index contributed by atoms with van der Waals surface area (Å²) >= 11 is 0. The van der Waals surface area contributed by atoms with Crippen LogP contribution in [0, 0.1) is 0 Å². The van der Waals surface area contributed by atoms with Crippen LogP contribution in [-0.4, -0.2) is 14.1 Å². The maximum Gasteiger partial charge on any atom is 0.417 e. The quantitative estimate of drug-likeness (QED) is 0.158. The van der Waals surface area contributed by atoms with Crippen LogP contribution >= 0.6 is 0 Å². The Morgan fingerprint density at radius 1 is 0.314 bits per heavy atom. The molecule has 0 unspecified atom stereocenters. The summed E-state index contributed by atoms with van der Waals surface area (Å²) in [5.74, 6) is 0. The van der Waals surface area contributed by atoms with Crippen LogP contribution in [0.3, 0.4) is 0 Å². The summed E-state index contributed by atoms with van der Waals surface area (Å²) in [5.41, 5.74) is -6.40. The number of alkyl halides is 15. The Hall–Kier alpha value is -7.76. The topological polar surface area (TPSA) is 22.8 Å². The van der Waals surface area contributed by atoms with Crippen LogP contribution in [0.25, 0.3) is 88.4 Å². The highest BCUT2D eigenvalue weighted by Crippen LogP contribution is 2.47. The number of fused-ring (bicyclic) bond motifs is 6. The predicted octanol–water partition coefficient (Wildman–Crippen LogP) is 17.4. The second-order valence-corrected chi connectivity index (χ2v) is 16.3. The van der Waals surface area contributed by atoms with Gasteiger partial charge in [-0.1, -0.05) is 66.7 Å². The molecule has 354 valence electrons. The molecule has 18 heteroatoms. The zero-order chi connectivity index (χ0) is 49.9. The molecular weight excluding hydrogens is 952 g/mol. The molecule has 0 radical (unpaired) electrons. The Kier molecular flexibility index (Phi) is 10.4. The van der Waals surface area contributed by atoms with Crippen molar-refractivity contribution >= 4 is 43.6 Å². The zero-order valence-electron chi connectivity index (χ0n) is 35.0. The lowest BCUT2D eigenvalue weighted by Gasteiger charge is -2.20. The number of halogens is 15. The molecule has 0 aliphatic heterocycles. The molecule has 3 aromatic heterocycles. The van der Waals surface area contributed by atoms with Gasteiger partial charge in [0.15, 0.2) is 0 Å². The van der Waals surface area contributed by atoms with Crippen molar-refractivity contribution < 1.29 is 65.9 Å². The fourth-order valence-electron chi connectivity index (χ4n) is 9.12. The third-order valence-electron chi connectivity index (χ3n) is 12.2. The van der Waals surface area contributed by atoms with Gasteiger partial charge in [-0.05, 0) is 101 Å². The van der Waals surface area contributed by atoms with Gasteiger partial charge in [0.05, 0.1) is 61.3 Å². The van der Waals surface area contributed by atoms with Crippen molar-refractivity contribution in [1.29, 1.82) is 0 Å². The first kappa shape index (κ1) is 46.0. The van der Waals surface area contributed by atoms with Crippen molar-refractivity contribution in [1.82, 2.24) is 14.1 Å². The van der Waals surface area contributed by atoms with E-state index < -0.39 is 69.8 Å².